The molecule has 0 spiro atoms. The number of piperazine rings is 1. The predicted molar refractivity (Wildman–Crippen MR) is 115 cm³/mol. The van der Waals surface area contributed by atoms with Crippen LogP contribution in [0.3, 0.4) is 0 Å². The Morgan fingerprint density at radius 3 is 2.69 bits per heavy atom. The third-order valence-corrected chi connectivity index (χ3v) is 4.97. The smallest absolute Gasteiger partial charge is 0.194 e. The van der Waals surface area contributed by atoms with Crippen molar-refractivity contribution in [3.63, 3.8) is 0 Å². The van der Waals surface area contributed by atoms with Crippen molar-refractivity contribution in [3.8, 4) is 0 Å². The number of benzene rings is 1. The highest BCUT2D eigenvalue weighted by Gasteiger charge is 2.20. The number of rotatable bonds is 10. The van der Waals surface area contributed by atoms with E-state index in [4.69, 9.17) is 14.3 Å². The van der Waals surface area contributed by atoms with E-state index in [1.165, 1.54) is 5.56 Å². The monoisotopic (exact) mass is 399 g/mol. The fourth-order valence-electron chi connectivity index (χ4n) is 3.38. The van der Waals surface area contributed by atoms with Gasteiger partial charge in [0.25, 0.3) is 0 Å². The number of nitrogens with one attached hydrogen (secondary N) is 1. The molecule has 0 radical (unpaired) electrons. The van der Waals surface area contributed by atoms with E-state index in [2.05, 4.69) is 51.5 Å². The summed E-state index contributed by atoms with van der Waals surface area (Å²) in [5, 5.41) is 7.43. The van der Waals surface area contributed by atoms with Gasteiger partial charge in [-0.1, -0.05) is 35.5 Å². The Balaban J connectivity index is 1.33. The number of ether oxygens (including phenoxy) is 1. The Bertz CT molecular complexity index is 697. The van der Waals surface area contributed by atoms with E-state index in [1.54, 1.807) is 6.26 Å². The Kier molecular flexibility index (Phi) is 9.00. The van der Waals surface area contributed by atoms with E-state index in [9.17, 15) is 0 Å². The first-order chi connectivity index (χ1) is 14.3. The van der Waals surface area contributed by atoms with Crippen LogP contribution in [0.2, 0.25) is 0 Å². The van der Waals surface area contributed by atoms with Gasteiger partial charge in [0.15, 0.2) is 5.96 Å². The lowest BCUT2D eigenvalue weighted by atomic mass is 10.2. The van der Waals surface area contributed by atoms with Crippen LogP contribution in [0.1, 0.15) is 24.6 Å². The van der Waals surface area contributed by atoms with Crippen LogP contribution >= 0.6 is 0 Å². The molecule has 29 heavy (non-hydrogen) atoms. The summed E-state index contributed by atoms with van der Waals surface area (Å²) >= 11 is 0. The lowest BCUT2D eigenvalue weighted by Crippen LogP contribution is -2.52. The first-order valence-corrected chi connectivity index (χ1v) is 10.6. The minimum atomic E-state index is 0.751. The number of guanidine groups is 1. The summed E-state index contributed by atoms with van der Waals surface area (Å²) < 4.78 is 10.7. The highest BCUT2D eigenvalue weighted by atomic mass is 16.5. The highest BCUT2D eigenvalue weighted by molar-refractivity contribution is 5.80. The second kappa shape index (κ2) is 12.2. The average Bonchev–Trinajstić information content (AvgIpc) is 3.27. The minimum Gasteiger partial charge on any atom is -0.381 e. The normalized spacial score (nSPS) is 15.6. The molecule has 0 atom stereocenters. The van der Waals surface area contributed by atoms with Crippen molar-refractivity contribution in [2.75, 3.05) is 52.5 Å². The van der Waals surface area contributed by atoms with Gasteiger partial charge in [0, 0.05) is 58.5 Å². The van der Waals surface area contributed by atoms with Gasteiger partial charge in [-0.05, 0) is 25.3 Å². The summed E-state index contributed by atoms with van der Waals surface area (Å²) in [7, 11) is 0. The largest absolute Gasteiger partial charge is 0.381 e. The molecule has 1 aromatic heterocycles. The van der Waals surface area contributed by atoms with Crippen molar-refractivity contribution >= 4 is 5.96 Å². The summed E-state index contributed by atoms with van der Waals surface area (Å²) in [6.45, 7) is 10.1. The SMILES string of the molecule is CCNC(=NCCCOCCc1ccccc1)N1CCN(Cc2ccon2)CC1. The molecule has 1 aliphatic rings. The number of hydrogen-bond acceptors (Lipinski definition) is 5. The van der Waals surface area contributed by atoms with Crippen molar-refractivity contribution in [1.82, 2.24) is 20.3 Å². The fraction of sp³-hybridized carbons (Fsp3) is 0.545. The van der Waals surface area contributed by atoms with Crippen LogP contribution in [-0.4, -0.2) is 73.4 Å². The van der Waals surface area contributed by atoms with Gasteiger partial charge in [-0.15, -0.1) is 0 Å². The zero-order valence-corrected chi connectivity index (χ0v) is 17.4. The molecule has 2 heterocycles. The molecule has 158 valence electrons. The molecule has 1 aromatic carbocycles. The molecular formula is C22H33N5O2. The lowest BCUT2D eigenvalue weighted by Gasteiger charge is -2.36. The maximum Gasteiger partial charge on any atom is 0.194 e. The molecule has 7 nitrogen and oxygen atoms in total. The van der Waals surface area contributed by atoms with Gasteiger partial charge in [0.2, 0.25) is 0 Å². The standard InChI is InChI=1S/C22H33N5O2/c1-2-23-22(24-11-6-16-28-17-9-20-7-4-3-5-8-20)27-14-12-26(13-15-27)19-21-10-18-29-25-21/h3-5,7-8,10,18H,2,6,9,11-17,19H2,1H3,(H,23,24). The average molecular weight is 400 g/mol. The van der Waals surface area contributed by atoms with Gasteiger partial charge >= 0.3 is 0 Å². The molecule has 0 bridgehead atoms. The second-order valence-electron chi connectivity index (χ2n) is 7.19. The first kappa shape index (κ1) is 21.3. The van der Waals surface area contributed by atoms with Gasteiger partial charge in [-0.3, -0.25) is 9.89 Å². The maximum absolute atomic E-state index is 5.77. The van der Waals surface area contributed by atoms with Crippen LogP contribution in [0.15, 0.2) is 52.2 Å². The predicted octanol–water partition coefficient (Wildman–Crippen LogP) is 2.41. The Morgan fingerprint density at radius 2 is 1.97 bits per heavy atom. The molecule has 1 aliphatic heterocycles. The fourth-order valence-corrected chi connectivity index (χ4v) is 3.38. The van der Waals surface area contributed by atoms with Crippen LogP contribution in [0.5, 0.6) is 0 Å². The summed E-state index contributed by atoms with van der Waals surface area (Å²) in [6, 6.07) is 12.4. The molecule has 1 N–H and O–H groups in total. The van der Waals surface area contributed by atoms with Gasteiger partial charge in [-0.2, -0.15) is 0 Å². The molecule has 1 saturated heterocycles. The Hall–Kier alpha value is -2.38. The zero-order valence-electron chi connectivity index (χ0n) is 17.4. The maximum atomic E-state index is 5.77. The number of aliphatic imine (C=N–C) groups is 1. The molecule has 0 amide bonds. The summed E-state index contributed by atoms with van der Waals surface area (Å²) in [6.07, 6.45) is 3.54. The minimum absolute atomic E-state index is 0.751. The zero-order chi connectivity index (χ0) is 20.2. The van der Waals surface area contributed by atoms with E-state index < -0.39 is 0 Å². The van der Waals surface area contributed by atoms with Crippen molar-refractivity contribution < 1.29 is 9.26 Å². The van der Waals surface area contributed by atoms with Crippen LogP contribution in [-0.2, 0) is 17.7 Å². The topological polar surface area (TPSA) is 66.1 Å². The second-order valence-corrected chi connectivity index (χ2v) is 7.19. The molecule has 2 aromatic rings. The Morgan fingerprint density at radius 1 is 1.14 bits per heavy atom. The molecular weight excluding hydrogens is 366 g/mol. The number of nitrogens with zero attached hydrogens (tertiary/aromatic N) is 4. The van der Waals surface area contributed by atoms with E-state index in [1.807, 2.05) is 12.1 Å². The van der Waals surface area contributed by atoms with Gasteiger partial charge < -0.3 is 19.5 Å². The van der Waals surface area contributed by atoms with E-state index in [0.29, 0.717) is 0 Å². The van der Waals surface area contributed by atoms with Crippen LogP contribution in [0.4, 0.5) is 0 Å². The third kappa shape index (κ3) is 7.51. The third-order valence-electron chi connectivity index (χ3n) is 4.97. The van der Waals surface area contributed by atoms with Gasteiger partial charge in [0.1, 0.15) is 6.26 Å². The van der Waals surface area contributed by atoms with Crippen LogP contribution < -0.4 is 5.32 Å². The summed E-state index contributed by atoms with van der Waals surface area (Å²) in [5.74, 6) is 1.01. The van der Waals surface area contributed by atoms with E-state index >= 15 is 0 Å². The summed E-state index contributed by atoms with van der Waals surface area (Å²) in [5.41, 5.74) is 2.31. The molecule has 0 aliphatic carbocycles. The van der Waals surface area contributed by atoms with E-state index in [0.717, 1.165) is 83.5 Å². The van der Waals surface area contributed by atoms with Crippen molar-refractivity contribution in [2.45, 2.75) is 26.3 Å². The molecule has 1 fully saturated rings. The first-order valence-electron chi connectivity index (χ1n) is 10.6. The molecule has 7 heteroatoms. The quantitative estimate of drug-likeness (QED) is 0.376. The van der Waals surface area contributed by atoms with Gasteiger partial charge in [0.05, 0.1) is 12.3 Å². The van der Waals surface area contributed by atoms with Crippen LogP contribution in [0.25, 0.3) is 0 Å². The molecule has 0 saturated carbocycles. The highest BCUT2D eigenvalue weighted by Crippen LogP contribution is 2.07. The lowest BCUT2D eigenvalue weighted by molar-refractivity contribution is 0.136. The van der Waals surface area contributed by atoms with Gasteiger partial charge in [-0.25, -0.2) is 0 Å². The van der Waals surface area contributed by atoms with Crippen molar-refractivity contribution in [2.24, 2.45) is 4.99 Å². The summed E-state index contributed by atoms with van der Waals surface area (Å²) in [4.78, 5) is 9.55. The molecule has 0 unspecified atom stereocenters. The number of hydrogen-bond donors (Lipinski definition) is 1. The molecule has 3 rings (SSSR count). The van der Waals surface area contributed by atoms with E-state index in [-0.39, 0.29) is 0 Å². The van der Waals surface area contributed by atoms with Crippen LogP contribution in [0, 0.1) is 0 Å². The van der Waals surface area contributed by atoms with Crippen molar-refractivity contribution in [1.29, 1.82) is 0 Å². The van der Waals surface area contributed by atoms with Crippen molar-refractivity contribution in [3.05, 3.63) is 53.9 Å². The Labute approximate surface area is 173 Å². The number of aromatic nitrogens is 1.